The molecule has 0 bridgehead atoms. The van der Waals surface area contributed by atoms with Gasteiger partial charge in [0, 0.05) is 24.5 Å². The highest BCUT2D eigenvalue weighted by atomic mass is 16.6. The van der Waals surface area contributed by atoms with Gasteiger partial charge >= 0.3 is 6.09 Å². The molecule has 0 aromatic heterocycles. The van der Waals surface area contributed by atoms with E-state index in [1.54, 1.807) is 12.1 Å². The van der Waals surface area contributed by atoms with Gasteiger partial charge < -0.3 is 14.7 Å². The van der Waals surface area contributed by atoms with Gasteiger partial charge in [-0.3, -0.25) is 5.32 Å². The third kappa shape index (κ3) is 4.57. The van der Waals surface area contributed by atoms with Crippen LogP contribution in [0, 0.1) is 0 Å². The minimum Gasteiger partial charge on any atom is -0.508 e. The smallest absolute Gasteiger partial charge is 0.417 e. The first-order chi connectivity index (χ1) is 14.5. The highest BCUT2D eigenvalue weighted by molar-refractivity contribution is 5.86. The summed E-state index contributed by atoms with van der Waals surface area (Å²) in [5.41, 5.74) is 5.29. The van der Waals surface area contributed by atoms with Crippen molar-refractivity contribution in [2.24, 2.45) is 0 Å². The number of carbonyl (C=O) groups excluding carboxylic acids is 1. The molecule has 0 saturated heterocycles. The van der Waals surface area contributed by atoms with Crippen molar-refractivity contribution in [2.75, 3.05) is 16.8 Å². The average Bonchev–Trinajstić information content (AvgIpc) is 3.10. The van der Waals surface area contributed by atoms with Crippen LogP contribution in [-0.4, -0.2) is 17.7 Å². The fraction of sp³-hybridized carbons (Fsp3) is 0.240. The van der Waals surface area contributed by atoms with Crippen LogP contribution in [0.2, 0.25) is 0 Å². The van der Waals surface area contributed by atoms with Gasteiger partial charge in [-0.1, -0.05) is 38.1 Å². The van der Waals surface area contributed by atoms with E-state index >= 15 is 0 Å². The number of nitrogens with zero attached hydrogens (tertiary/aromatic N) is 1. The van der Waals surface area contributed by atoms with Crippen molar-refractivity contribution in [3.63, 3.8) is 0 Å². The number of ether oxygens (including phenoxy) is 1. The number of carbonyl (C=O) groups is 1. The first-order valence-corrected chi connectivity index (χ1v) is 10.2. The maximum Gasteiger partial charge on any atom is 0.417 e. The number of phenolic OH excluding ortho intramolecular Hbond substituents is 1. The van der Waals surface area contributed by atoms with Crippen molar-refractivity contribution < 1.29 is 14.6 Å². The predicted molar refractivity (Wildman–Crippen MR) is 119 cm³/mol. The summed E-state index contributed by atoms with van der Waals surface area (Å²) >= 11 is 0. The van der Waals surface area contributed by atoms with Crippen LogP contribution in [0.3, 0.4) is 0 Å². The first-order valence-electron chi connectivity index (χ1n) is 10.2. The van der Waals surface area contributed by atoms with Gasteiger partial charge in [0.2, 0.25) is 0 Å². The number of phenols is 1. The van der Waals surface area contributed by atoms with E-state index in [-0.39, 0.29) is 5.75 Å². The van der Waals surface area contributed by atoms with Crippen molar-refractivity contribution in [3.05, 3.63) is 83.4 Å². The van der Waals surface area contributed by atoms with Gasteiger partial charge in [-0.25, -0.2) is 4.79 Å². The third-order valence-electron chi connectivity index (χ3n) is 5.36. The maximum absolute atomic E-state index is 12.3. The first kappa shape index (κ1) is 19.8. The molecule has 0 saturated carbocycles. The van der Waals surface area contributed by atoms with Gasteiger partial charge in [-0.05, 0) is 71.5 Å². The zero-order valence-electron chi connectivity index (χ0n) is 17.3. The highest BCUT2D eigenvalue weighted by Crippen LogP contribution is 2.33. The molecule has 3 aromatic carbocycles. The van der Waals surface area contributed by atoms with Crippen molar-refractivity contribution in [2.45, 2.75) is 32.7 Å². The van der Waals surface area contributed by atoms with Crippen molar-refractivity contribution in [1.29, 1.82) is 0 Å². The van der Waals surface area contributed by atoms with Gasteiger partial charge in [-0.15, -0.1) is 0 Å². The van der Waals surface area contributed by atoms with Crippen LogP contribution in [-0.2, 0) is 13.0 Å². The number of nitrogens with one attached hydrogen (secondary N) is 1. The van der Waals surface area contributed by atoms with Crippen LogP contribution < -0.4 is 15.0 Å². The van der Waals surface area contributed by atoms with Gasteiger partial charge in [0.1, 0.15) is 11.5 Å². The molecule has 154 valence electrons. The second kappa shape index (κ2) is 8.49. The molecule has 0 radical (unpaired) electrons. The quantitative estimate of drug-likeness (QED) is 0.576. The van der Waals surface area contributed by atoms with Crippen LogP contribution in [0.4, 0.5) is 16.2 Å². The lowest BCUT2D eigenvalue weighted by molar-refractivity contribution is 0.215. The molecule has 30 heavy (non-hydrogen) atoms. The Morgan fingerprint density at radius 2 is 1.90 bits per heavy atom. The molecule has 5 nitrogen and oxygen atoms in total. The van der Waals surface area contributed by atoms with Crippen LogP contribution in [0.25, 0.3) is 0 Å². The predicted octanol–water partition coefficient (Wildman–Crippen LogP) is 5.69. The molecule has 0 atom stereocenters. The Bertz CT molecular complexity index is 1040. The number of benzene rings is 3. The van der Waals surface area contributed by atoms with Crippen molar-refractivity contribution in [3.8, 4) is 11.5 Å². The summed E-state index contributed by atoms with van der Waals surface area (Å²) in [5.74, 6) is 1.26. The molecule has 1 heterocycles. The Labute approximate surface area is 176 Å². The molecule has 3 aromatic rings. The fourth-order valence-corrected chi connectivity index (χ4v) is 3.75. The lowest BCUT2D eigenvalue weighted by atomic mass is 10.0. The van der Waals surface area contributed by atoms with E-state index in [1.807, 2.05) is 54.6 Å². The molecule has 0 spiro atoms. The minimum atomic E-state index is -0.498. The van der Waals surface area contributed by atoms with E-state index in [9.17, 15) is 9.90 Å². The summed E-state index contributed by atoms with van der Waals surface area (Å²) in [7, 11) is 0. The monoisotopic (exact) mass is 402 g/mol. The van der Waals surface area contributed by atoms with Crippen molar-refractivity contribution in [1.82, 2.24) is 0 Å². The maximum atomic E-state index is 12.3. The lowest BCUT2D eigenvalue weighted by Crippen LogP contribution is -2.19. The van der Waals surface area contributed by atoms with E-state index in [4.69, 9.17) is 4.74 Å². The number of aromatic hydroxyl groups is 1. The van der Waals surface area contributed by atoms with Crippen LogP contribution in [0.15, 0.2) is 66.7 Å². The van der Waals surface area contributed by atoms with E-state index in [0.717, 1.165) is 36.3 Å². The SMILES string of the molecule is CC(C)c1ccc(NC(=O)Oc2ccc3c(c2)CCN3Cc2cccc(O)c2)cc1. The van der Waals surface area contributed by atoms with E-state index < -0.39 is 6.09 Å². The second-order valence-corrected chi connectivity index (χ2v) is 7.92. The van der Waals surface area contributed by atoms with Crippen LogP contribution in [0.5, 0.6) is 11.5 Å². The van der Waals surface area contributed by atoms with Gasteiger partial charge in [0.25, 0.3) is 0 Å². The molecule has 2 N–H and O–H groups in total. The Balaban J connectivity index is 1.39. The van der Waals surface area contributed by atoms with Gasteiger partial charge in [-0.2, -0.15) is 0 Å². The summed E-state index contributed by atoms with van der Waals surface area (Å²) in [6, 6.07) is 20.9. The molecule has 1 amide bonds. The zero-order valence-corrected chi connectivity index (χ0v) is 17.3. The average molecular weight is 402 g/mol. The molecule has 0 fully saturated rings. The lowest BCUT2D eigenvalue weighted by Gasteiger charge is -2.19. The number of fused-ring (bicyclic) bond motifs is 1. The summed E-state index contributed by atoms with van der Waals surface area (Å²) in [6.45, 7) is 5.89. The molecule has 5 heteroatoms. The molecule has 1 aliphatic rings. The summed E-state index contributed by atoms with van der Waals surface area (Å²) in [5, 5.41) is 12.4. The Morgan fingerprint density at radius 1 is 1.10 bits per heavy atom. The summed E-state index contributed by atoms with van der Waals surface area (Å²) < 4.78 is 5.49. The molecule has 0 aliphatic carbocycles. The molecule has 0 unspecified atom stereocenters. The van der Waals surface area contributed by atoms with Crippen molar-refractivity contribution >= 4 is 17.5 Å². The Kier molecular flexibility index (Phi) is 5.61. The third-order valence-corrected chi connectivity index (χ3v) is 5.36. The zero-order chi connectivity index (χ0) is 21.1. The van der Waals surface area contributed by atoms with Gasteiger partial charge in [0.05, 0.1) is 0 Å². The standard InChI is InChI=1S/C25H26N2O3/c1-17(2)19-6-8-21(9-7-19)26-25(29)30-23-10-11-24-20(15-23)12-13-27(24)16-18-4-3-5-22(28)14-18/h3-11,14-15,17,28H,12-13,16H2,1-2H3,(H,26,29). The fourth-order valence-electron chi connectivity index (χ4n) is 3.75. The normalized spacial score (nSPS) is 12.7. The molecule has 4 rings (SSSR count). The molecular weight excluding hydrogens is 376 g/mol. The van der Waals surface area contributed by atoms with Crippen LogP contribution in [0.1, 0.15) is 36.5 Å². The van der Waals surface area contributed by atoms with E-state index in [0.29, 0.717) is 17.4 Å². The number of rotatable bonds is 5. The largest absolute Gasteiger partial charge is 0.508 e. The number of amides is 1. The summed E-state index contributed by atoms with van der Waals surface area (Å²) in [6.07, 6.45) is 0.394. The van der Waals surface area contributed by atoms with E-state index in [1.165, 1.54) is 5.56 Å². The number of hydrogen-bond acceptors (Lipinski definition) is 4. The number of anilines is 2. The van der Waals surface area contributed by atoms with Gasteiger partial charge in [0.15, 0.2) is 0 Å². The second-order valence-electron chi connectivity index (χ2n) is 7.92. The molecular formula is C25H26N2O3. The highest BCUT2D eigenvalue weighted by Gasteiger charge is 2.20. The Morgan fingerprint density at radius 3 is 2.63 bits per heavy atom. The topological polar surface area (TPSA) is 61.8 Å². The minimum absolute atomic E-state index is 0.278. The molecule has 1 aliphatic heterocycles. The Hall–Kier alpha value is -3.47. The number of hydrogen-bond donors (Lipinski definition) is 2. The van der Waals surface area contributed by atoms with E-state index in [2.05, 4.69) is 24.1 Å². The summed E-state index contributed by atoms with van der Waals surface area (Å²) in [4.78, 5) is 14.5. The van der Waals surface area contributed by atoms with Crippen LogP contribution >= 0.6 is 0 Å².